The van der Waals surface area contributed by atoms with Crippen LogP contribution in [0.1, 0.15) is 22.3 Å². The Labute approximate surface area is 392 Å². The molecule has 0 saturated heterocycles. The molecule has 0 N–H and O–H groups in total. The predicted octanol–water partition coefficient (Wildman–Crippen LogP) is 15.2. The molecule has 0 atom stereocenters. The minimum absolute atomic E-state index is 0.654. The van der Waals surface area contributed by atoms with Gasteiger partial charge in [0.05, 0.1) is 27.7 Å². The topological polar surface area (TPSA) is 56.5 Å². The maximum atomic E-state index is 5.90. The number of para-hydroxylation sites is 2. The van der Waals surface area contributed by atoms with Crippen molar-refractivity contribution in [3.05, 3.63) is 259 Å². The monoisotopic (exact) mass is 865 g/mol. The summed E-state index contributed by atoms with van der Waals surface area (Å²) in [5.74, 6) is 0.853. The van der Waals surface area contributed by atoms with E-state index in [0.717, 1.165) is 105 Å². The zero-order valence-corrected chi connectivity index (χ0v) is 36.8. The van der Waals surface area contributed by atoms with E-state index in [1.165, 1.54) is 22.3 Å². The fourth-order valence-corrected chi connectivity index (χ4v) is 11.2. The van der Waals surface area contributed by atoms with Gasteiger partial charge in [0.15, 0.2) is 5.65 Å². The molecule has 1 aliphatic carbocycles. The van der Waals surface area contributed by atoms with Crippen LogP contribution in [-0.2, 0) is 5.41 Å². The van der Waals surface area contributed by atoms with Crippen molar-refractivity contribution in [1.82, 2.24) is 24.5 Å². The Morgan fingerprint density at radius 1 is 0.382 bits per heavy atom. The second-order valence-corrected chi connectivity index (χ2v) is 17.7. The first-order valence-electron chi connectivity index (χ1n) is 23.1. The van der Waals surface area contributed by atoms with Crippen LogP contribution in [0, 0.1) is 0 Å². The van der Waals surface area contributed by atoms with Gasteiger partial charge in [-0.2, -0.15) is 0 Å². The highest BCUT2D eigenvalue weighted by molar-refractivity contribution is 6.16. The second kappa shape index (κ2) is 15.0. The molecule has 0 bridgehead atoms. The predicted molar refractivity (Wildman–Crippen MR) is 278 cm³/mol. The average molecular weight is 866 g/mol. The van der Waals surface area contributed by atoms with Gasteiger partial charge in [0.25, 0.3) is 0 Å². The molecule has 9 aromatic carbocycles. The summed E-state index contributed by atoms with van der Waals surface area (Å²) >= 11 is 0. The highest BCUT2D eigenvalue weighted by Gasteiger charge is 2.48. The molecule has 0 radical (unpaired) electrons. The molecule has 316 valence electrons. The van der Waals surface area contributed by atoms with E-state index in [-0.39, 0.29) is 0 Å². The van der Waals surface area contributed by atoms with Crippen molar-refractivity contribution in [1.29, 1.82) is 0 Å². The highest BCUT2D eigenvalue weighted by Crippen LogP contribution is 2.58. The van der Waals surface area contributed by atoms with Crippen LogP contribution in [0.2, 0.25) is 0 Å². The summed E-state index contributed by atoms with van der Waals surface area (Å²) in [5, 5.41) is 5.58. The van der Waals surface area contributed by atoms with Gasteiger partial charge in [0.1, 0.15) is 11.3 Å². The van der Waals surface area contributed by atoms with Crippen LogP contribution in [0.3, 0.4) is 0 Å². The van der Waals surface area contributed by atoms with Gasteiger partial charge in [0.2, 0.25) is 0 Å². The lowest BCUT2D eigenvalue weighted by molar-refractivity contribution is 0.768. The molecule has 5 nitrogen and oxygen atoms in total. The normalized spacial score (nSPS) is 12.8. The third-order valence-electron chi connectivity index (χ3n) is 14.1. The maximum absolute atomic E-state index is 5.90. The standard InChI is InChI=1S/C63H39N5/c1-5-17-41(18-6-1)56-50-25-13-14-28-54(50)65-59-51(56)36-37-52-57(59)60-53(63(52,44-19-7-2-8-20-44)45-21-9-3-10-22-45)39-43-34-35-48-47(26-15-27-49(48)58(43)67-60)40-30-32-42(33-31-40)61-66-55-29-16-38-64-62(55)68(61)46-23-11-4-12-24-46/h1-39H. The number of rotatable bonds is 6. The Bertz CT molecular complexity index is 4070. The van der Waals surface area contributed by atoms with Gasteiger partial charge in [-0.1, -0.05) is 194 Å². The molecule has 0 fully saturated rings. The number of hydrogen-bond donors (Lipinski definition) is 0. The number of hydrogen-bond acceptors (Lipinski definition) is 4. The van der Waals surface area contributed by atoms with Crippen molar-refractivity contribution in [2.45, 2.75) is 5.41 Å². The van der Waals surface area contributed by atoms with Gasteiger partial charge in [-0.3, -0.25) is 4.57 Å². The molecule has 4 aromatic heterocycles. The molecule has 13 aromatic rings. The molecule has 0 unspecified atom stereocenters. The lowest BCUT2D eigenvalue weighted by atomic mass is 9.67. The zero-order valence-electron chi connectivity index (χ0n) is 36.8. The molecule has 0 saturated carbocycles. The summed E-state index contributed by atoms with van der Waals surface area (Å²) in [6.07, 6.45) is 1.83. The van der Waals surface area contributed by atoms with Crippen molar-refractivity contribution in [2.75, 3.05) is 0 Å². The fourth-order valence-electron chi connectivity index (χ4n) is 11.2. The number of imidazole rings is 1. The van der Waals surface area contributed by atoms with E-state index in [1.54, 1.807) is 0 Å². The van der Waals surface area contributed by atoms with E-state index in [1.807, 2.05) is 24.4 Å². The van der Waals surface area contributed by atoms with Crippen molar-refractivity contribution < 1.29 is 0 Å². The van der Waals surface area contributed by atoms with Gasteiger partial charge in [-0.15, -0.1) is 0 Å². The van der Waals surface area contributed by atoms with Crippen LogP contribution in [0.25, 0.3) is 105 Å². The number of pyridine rings is 3. The summed E-state index contributed by atoms with van der Waals surface area (Å²) < 4.78 is 2.14. The largest absolute Gasteiger partial charge is 0.277 e. The van der Waals surface area contributed by atoms with E-state index in [0.29, 0.717) is 0 Å². The first-order valence-corrected chi connectivity index (χ1v) is 23.1. The Hall–Kier alpha value is -9.06. The van der Waals surface area contributed by atoms with Crippen LogP contribution in [0.5, 0.6) is 0 Å². The lowest BCUT2D eigenvalue weighted by Gasteiger charge is -2.33. The van der Waals surface area contributed by atoms with Gasteiger partial charge in [0, 0.05) is 50.1 Å². The Morgan fingerprint density at radius 2 is 1.03 bits per heavy atom. The molecule has 0 aliphatic heterocycles. The van der Waals surface area contributed by atoms with Gasteiger partial charge >= 0.3 is 0 Å². The molecule has 1 aliphatic rings. The second-order valence-electron chi connectivity index (χ2n) is 17.7. The quantitative estimate of drug-likeness (QED) is 0.123. The van der Waals surface area contributed by atoms with Crippen LogP contribution < -0.4 is 0 Å². The molecule has 68 heavy (non-hydrogen) atoms. The van der Waals surface area contributed by atoms with Gasteiger partial charge < -0.3 is 0 Å². The van der Waals surface area contributed by atoms with Crippen LogP contribution >= 0.6 is 0 Å². The SMILES string of the molecule is c1ccc(-c2c3ccccc3nc3c4c(ccc23)C(c2ccccc2)(c2ccccc2)c2cc3ccc5c(-c6ccc(-c7nc8cccnc8n7-c7ccccc7)cc6)cccc5c3nc2-4)cc1. The van der Waals surface area contributed by atoms with E-state index >= 15 is 0 Å². The third kappa shape index (κ3) is 5.56. The van der Waals surface area contributed by atoms with E-state index < -0.39 is 5.41 Å². The summed E-state index contributed by atoms with van der Waals surface area (Å²) in [7, 11) is 0. The Kier molecular flexibility index (Phi) is 8.43. The van der Waals surface area contributed by atoms with Crippen molar-refractivity contribution in [2.24, 2.45) is 0 Å². The van der Waals surface area contributed by atoms with E-state index in [2.05, 4.69) is 217 Å². The molecule has 0 amide bonds. The lowest BCUT2D eigenvalue weighted by Crippen LogP contribution is -2.28. The number of nitrogens with zero attached hydrogens (tertiary/aromatic N) is 5. The smallest absolute Gasteiger partial charge is 0.164 e. The summed E-state index contributed by atoms with van der Waals surface area (Å²) in [4.78, 5) is 21.3. The summed E-state index contributed by atoms with van der Waals surface area (Å²) in [5.41, 5.74) is 17.3. The van der Waals surface area contributed by atoms with Crippen LogP contribution in [0.15, 0.2) is 237 Å². The zero-order chi connectivity index (χ0) is 44.8. The minimum atomic E-state index is -0.654. The third-order valence-corrected chi connectivity index (χ3v) is 14.1. The molecular formula is C63H39N5. The fraction of sp³-hybridized carbons (Fsp3) is 0.0159. The van der Waals surface area contributed by atoms with Gasteiger partial charge in [-0.25, -0.2) is 19.9 Å². The first-order chi connectivity index (χ1) is 33.7. The van der Waals surface area contributed by atoms with Crippen LogP contribution in [-0.4, -0.2) is 24.5 Å². The van der Waals surface area contributed by atoms with Crippen molar-refractivity contribution in [3.8, 4) is 50.6 Å². The number of fused-ring (bicyclic) bond motifs is 10. The first kappa shape index (κ1) is 38.2. The summed E-state index contributed by atoms with van der Waals surface area (Å²) in [6.45, 7) is 0. The van der Waals surface area contributed by atoms with Crippen molar-refractivity contribution in [3.63, 3.8) is 0 Å². The average Bonchev–Trinajstić information content (AvgIpc) is 3.95. The van der Waals surface area contributed by atoms with Crippen LogP contribution in [0.4, 0.5) is 0 Å². The van der Waals surface area contributed by atoms with E-state index in [4.69, 9.17) is 19.9 Å². The molecular weight excluding hydrogens is 827 g/mol. The number of aromatic nitrogens is 5. The van der Waals surface area contributed by atoms with E-state index in [9.17, 15) is 0 Å². The maximum Gasteiger partial charge on any atom is 0.164 e. The Morgan fingerprint density at radius 3 is 1.79 bits per heavy atom. The highest BCUT2D eigenvalue weighted by atomic mass is 15.1. The summed E-state index contributed by atoms with van der Waals surface area (Å²) in [6, 6.07) is 82.5. The molecule has 5 heteroatoms. The Balaban J connectivity index is 1.01. The number of benzene rings is 9. The molecule has 14 rings (SSSR count). The minimum Gasteiger partial charge on any atom is -0.277 e. The molecule has 4 heterocycles. The van der Waals surface area contributed by atoms with Crippen molar-refractivity contribution >= 4 is 54.6 Å². The molecule has 0 spiro atoms. The van der Waals surface area contributed by atoms with Gasteiger partial charge in [-0.05, 0) is 80.7 Å².